The van der Waals surface area contributed by atoms with E-state index >= 15 is 0 Å². The summed E-state index contributed by atoms with van der Waals surface area (Å²) < 4.78 is 40.9. The minimum atomic E-state index is -2.77. The third-order valence-electron chi connectivity index (χ3n) is 5.55. The first kappa shape index (κ1) is 23.0. The van der Waals surface area contributed by atoms with Crippen LogP contribution in [0.3, 0.4) is 0 Å². The molecule has 2 atom stereocenters. The minimum Gasteiger partial charge on any atom is -0.374 e. The summed E-state index contributed by atoms with van der Waals surface area (Å²) in [6.07, 6.45) is -1.94. The molecule has 1 amide bonds. The summed E-state index contributed by atoms with van der Waals surface area (Å²) in [7, 11) is 0. The highest BCUT2D eigenvalue weighted by molar-refractivity contribution is 5.91. The maximum atomic E-state index is 14.0. The number of halogens is 2. The predicted molar refractivity (Wildman–Crippen MR) is 116 cm³/mol. The third-order valence-corrected chi connectivity index (χ3v) is 5.55. The van der Waals surface area contributed by atoms with Crippen LogP contribution in [0.15, 0.2) is 41.5 Å². The molecule has 3 aromatic rings. The van der Waals surface area contributed by atoms with Crippen molar-refractivity contribution in [3.8, 4) is 0 Å². The van der Waals surface area contributed by atoms with Gasteiger partial charge in [-0.3, -0.25) is 24.5 Å². The molecule has 1 aliphatic heterocycles. The molecule has 2 unspecified atom stereocenters. The molecule has 9 nitrogen and oxygen atoms in total. The Bertz CT molecular complexity index is 1180. The van der Waals surface area contributed by atoms with E-state index in [0.717, 1.165) is 5.56 Å². The number of imidazole rings is 1. The zero-order chi connectivity index (χ0) is 23.6. The lowest BCUT2D eigenvalue weighted by Gasteiger charge is -2.28. The monoisotopic (exact) mass is 461 g/mol. The summed E-state index contributed by atoms with van der Waals surface area (Å²) >= 11 is 0. The van der Waals surface area contributed by atoms with E-state index in [1.807, 2.05) is 30.3 Å². The number of hydrogen-bond acceptors (Lipinski definition) is 6. The molecule has 4 rings (SSSR count). The molecular weight excluding hydrogens is 436 g/mol. The molecule has 176 valence electrons. The average Bonchev–Trinajstić information content (AvgIpc) is 3.40. The fourth-order valence-corrected chi connectivity index (χ4v) is 3.66. The number of fused-ring (bicyclic) bond motifs is 1. The fourth-order valence-electron chi connectivity index (χ4n) is 3.66. The van der Waals surface area contributed by atoms with Crippen LogP contribution < -0.4 is 10.9 Å². The van der Waals surface area contributed by atoms with Gasteiger partial charge >= 0.3 is 0 Å². The first-order valence-corrected chi connectivity index (χ1v) is 10.6. The molecule has 0 radical (unpaired) electrons. The smallest absolute Gasteiger partial charge is 0.280 e. The standard InChI is InChI=1S/C22H25F2N5O4/c1-13(2)18(30)27-21-26-17-16(19(31)28-21)25-12-29(17)15-8-9-22(33-15,20(23)24)11-32-10-14-6-4-3-5-7-14/h3-7,12-13,15,20H,8-11H2,1-2H3,(H2,26,27,28,30,31). The zero-order valence-corrected chi connectivity index (χ0v) is 18.3. The molecule has 1 aliphatic rings. The Kier molecular flexibility index (Phi) is 6.52. The summed E-state index contributed by atoms with van der Waals surface area (Å²) in [5.41, 5.74) is -1.31. The molecule has 1 aromatic carbocycles. The highest BCUT2D eigenvalue weighted by Crippen LogP contribution is 2.41. The molecule has 3 heterocycles. The molecule has 33 heavy (non-hydrogen) atoms. The number of hydrogen-bond donors (Lipinski definition) is 2. The van der Waals surface area contributed by atoms with Crippen molar-refractivity contribution < 1.29 is 23.0 Å². The van der Waals surface area contributed by atoms with Crippen molar-refractivity contribution in [2.75, 3.05) is 11.9 Å². The molecule has 0 saturated carbocycles. The van der Waals surface area contributed by atoms with Crippen LogP contribution in [0.2, 0.25) is 0 Å². The maximum Gasteiger partial charge on any atom is 0.280 e. The number of aromatic nitrogens is 4. The molecule has 1 saturated heterocycles. The van der Waals surface area contributed by atoms with E-state index in [0.29, 0.717) is 0 Å². The number of carbonyl (C=O) groups excluding carboxylic acids is 1. The molecule has 1 fully saturated rings. The Balaban J connectivity index is 1.54. The fraction of sp³-hybridized carbons (Fsp3) is 0.455. The average molecular weight is 461 g/mol. The quantitative estimate of drug-likeness (QED) is 0.533. The number of benzene rings is 1. The second kappa shape index (κ2) is 9.36. The highest BCUT2D eigenvalue weighted by atomic mass is 19.3. The highest BCUT2D eigenvalue weighted by Gasteiger charge is 2.49. The number of nitrogens with zero attached hydrogens (tertiary/aromatic N) is 3. The Morgan fingerprint density at radius 1 is 1.36 bits per heavy atom. The van der Waals surface area contributed by atoms with Gasteiger partial charge in [-0.25, -0.2) is 13.8 Å². The lowest BCUT2D eigenvalue weighted by Crippen LogP contribution is -2.42. The molecular formula is C22H25F2N5O4. The molecule has 0 bridgehead atoms. The number of ether oxygens (including phenoxy) is 2. The zero-order valence-electron chi connectivity index (χ0n) is 18.3. The van der Waals surface area contributed by atoms with E-state index in [1.54, 1.807) is 13.8 Å². The first-order chi connectivity index (χ1) is 15.8. The van der Waals surface area contributed by atoms with Crippen molar-refractivity contribution in [2.45, 2.75) is 51.6 Å². The van der Waals surface area contributed by atoms with Gasteiger partial charge in [0.15, 0.2) is 16.8 Å². The predicted octanol–water partition coefficient (Wildman–Crippen LogP) is 3.24. The number of nitrogens with one attached hydrogen (secondary N) is 2. The number of anilines is 1. The maximum absolute atomic E-state index is 14.0. The van der Waals surface area contributed by atoms with Crippen LogP contribution in [-0.2, 0) is 20.9 Å². The van der Waals surface area contributed by atoms with Crippen molar-refractivity contribution in [3.05, 3.63) is 52.6 Å². The number of carbonyl (C=O) groups is 1. The lowest BCUT2D eigenvalue weighted by molar-refractivity contribution is -0.179. The Morgan fingerprint density at radius 2 is 2.12 bits per heavy atom. The van der Waals surface area contributed by atoms with Gasteiger partial charge in [0.25, 0.3) is 12.0 Å². The SMILES string of the molecule is CC(C)C(=O)Nc1nc2c(ncn2C2CCC(COCc3ccccc3)(C(F)F)O2)c(=O)[nH]1. The van der Waals surface area contributed by atoms with Gasteiger partial charge in [0.05, 0.1) is 19.5 Å². The summed E-state index contributed by atoms with van der Waals surface area (Å²) in [4.78, 5) is 35.2. The topological polar surface area (TPSA) is 111 Å². The van der Waals surface area contributed by atoms with E-state index in [4.69, 9.17) is 9.47 Å². The van der Waals surface area contributed by atoms with Gasteiger partial charge in [-0.15, -0.1) is 0 Å². The minimum absolute atomic E-state index is 0.0241. The summed E-state index contributed by atoms with van der Waals surface area (Å²) in [5, 5.41) is 2.53. The number of aromatic amines is 1. The lowest BCUT2D eigenvalue weighted by atomic mass is 10.0. The number of alkyl halides is 2. The van der Waals surface area contributed by atoms with Crippen LogP contribution in [0.1, 0.15) is 38.5 Å². The molecule has 2 aromatic heterocycles. The summed E-state index contributed by atoms with van der Waals surface area (Å²) in [5.74, 6) is -0.693. The van der Waals surface area contributed by atoms with Gasteiger partial charge in [0.2, 0.25) is 11.9 Å². The first-order valence-electron chi connectivity index (χ1n) is 10.6. The van der Waals surface area contributed by atoms with Gasteiger partial charge in [-0.05, 0) is 18.4 Å². The summed E-state index contributed by atoms with van der Waals surface area (Å²) in [6.45, 7) is 3.30. The van der Waals surface area contributed by atoms with Crippen LogP contribution in [0, 0.1) is 5.92 Å². The van der Waals surface area contributed by atoms with Crippen LogP contribution in [0.4, 0.5) is 14.7 Å². The Hall–Kier alpha value is -3.18. The number of amides is 1. The second-order valence-electron chi connectivity index (χ2n) is 8.34. The van der Waals surface area contributed by atoms with Gasteiger partial charge < -0.3 is 9.47 Å². The Labute approximate surface area is 188 Å². The van der Waals surface area contributed by atoms with Crippen molar-refractivity contribution in [1.82, 2.24) is 19.5 Å². The van der Waals surface area contributed by atoms with Crippen molar-refractivity contribution >= 4 is 23.0 Å². The van der Waals surface area contributed by atoms with E-state index in [-0.39, 0.29) is 55.0 Å². The summed E-state index contributed by atoms with van der Waals surface area (Å²) in [6, 6.07) is 9.26. The van der Waals surface area contributed by atoms with Gasteiger partial charge in [-0.2, -0.15) is 4.98 Å². The molecule has 11 heteroatoms. The van der Waals surface area contributed by atoms with E-state index in [1.165, 1.54) is 10.9 Å². The van der Waals surface area contributed by atoms with E-state index in [9.17, 15) is 18.4 Å². The largest absolute Gasteiger partial charge is 0.374 e. The van der Waals surface area contributed by atoms with Crippen molar-refractivity contribution in [1.29, 1.82) is 0 Å². The van der Waals surface area contributed by atoms with Crippen molar-refractivity contribution in [3.63, 3.8) is 0 Å². The molecule has 0 spiro atoms. The second-order valence-corrected chi connectivity index (χ2v) is 8.34. The third kappa shape index (κ3) is 4.79. The van der Waals surface area contributed by atoms with E-state index < -0.39 is 23.8 Å². The van der Waals surface area contributed by atoms with Gasteiger partial charge in [0.1, 0.15) is 6.23 Å². The van der Waals surface area contributed by atoms with Crippen LogP contribution in [0.25, 0.3) is 11.2 Å². The van der Waals surface area contributed by atoms with E-state index in [2.05, 4.69) is 20.3 Å². The normalized spacial score (nSPS) is 20.7. The van der Waals surface area contributed by atoms with Gasteiger partial charge in [0, 0.05) is 5.92 Å². The van der Waals surface area contributed by atoms with Crippen LogP contribution in [-0.4, -0.2) is 44.1 Å². The van der Waals surface area contributed by atoms with Crippen LogP contribution >= 0.6 is 0 Å². The van der Waals surface area contributed by atoms with Crippen LogP contribution in [0.5, 0.6) is 0 Å². The molecule has 2 N–H and O–H groups in total. The Morgan fingerprint density at radius 3 is 2.82 bits per heavy atom. The number of H-pyrrole nitrogens is 1. The van der Waals surface area contributed by atoms with Gasteiger partial charge in [-0.1, -0.05) is 44.2 Å². The number of rotatable bonds is 8. The van der Waals surface area contributed by atoms with Crippen molar-refractivity contribution in [2.24, 2.45) is 5.92 Å². The molecule has 0 aliphatic carbocycles.